The molecule has 0 saturated carbocycles. The van der Waals surface area contributed by atoms with Gasteiger partial charge in [0, 0.05) is 23.1 Å². The van der Waals surface area contributed by atoms with Gasteiger partial charge in [0.2, 0.25) is 0 Å². The summed E-state index contributed by atoms with van der Waals surface area (Å²) in [6, 6.07) is 8.39. The monoisotopic (exact) mass is 408 g/mol. The lowest BCUT2D eigenvalue weighted by Crippen LogP contribution is -3.06. The van der Waals surface area contributed by atoms with E-state index >= 15 is 0 Å². The van der Waals surface area contributed by atoms with Crippen molar-refractivity contribution in [2.45, 2.75) is 24.9 Å². The summed E-state index contributed by atoms with van der Waals surface area (Å²) in [4.78, 5) is 27.5. The number of hydrogen-bond donors (Lipinski definition) is 3. The molecule has 1 unspecified atom stereocenters. The first kappa shape index (κ1) is 21.3. The Morgan fingerprint density at radius 2 is 1.93 bits per heavy atom. The van der Waals surface area contributed by atoms with Crippen molar-refractivity contribution in [1.82, 2.24) is 5.32 Å². The number of rotatable bonds is 8. The number of thioether (sulfide) groups is 1. The van der Waals surface area contributed by atoms with Crippen molar-refractivity contribution in [2.75, 3.05) is 32.7 Å². The van der Waals surface area contributed by atoms with Crippen LogP contribution in [0.15, 0.2) is 29.2 Å². The molecule has 2 aromatic rings. The van der Waals surface area contributed by atoms with E-state index in [9.17, 15) is 9.59 Å². The number of benzene rings is 1. The predicted octanol–water partition coefficient (Wildman–Crippen LogP) is 1.80. The summed E-state index contributed by atoms with van der Waals surface area (Å²) in [7, 11) is 3.59. The van der Waals surface area contributed by atoms with Crippen LogP contribution in [0.2, 0.25) is 0 Å². The molecule has 1 aromatic heterocycles. The smallest absolute Gasteiger partial charge is 0.341 e. The highest BCUT2D eigenvalue weighted by atomic mass is 32.2. The molecule has 0 radical (unpaired) electrons. The molecule has 1 heterocycles. The van der Waals surface area contributed by atoms with E-state index in [0.717, 1.165) is 22.8 Å². The van der Waals surface area contributed by atoms with Crippen LogP contribution in [0.5, 0.6) is 0 Å². The van der Waals surface area contributed by atoms with Gasteiger partial charge in [-0.1, -0.05) is 12.1 Å². The molecule has 146 valence electrons. The Labute approximate surface area is 168 Å². The van der Waals surface area contributed by atoms with Crippen LogP contribution in [0.3, 0.4) is 0 Å². The third kappa shape index (κ3) is 5.24. The molecule has 0 aliphatic heterocycles. The minimum absolute atomic E-state index is 0.241. The second-order valence-corrected chi connectivity index (χ2v) is 8.04. The van der Waals surface area contributed by atoms with E-state index < -0.39 is 5.97 Å². The van der Waals surface area contributed by atoms with Crippen LogP contribution in [0.4, 0.5) is 5.00 Å². The molecule has 0 fully saturated rings. The zero-order valence-electron chi connectivity index (χ0n) is 16.0. The predicted molar refractivity (Wildman–Crippen MR) is 111 cm³/mol. The molecule has 27 heavy (non-hydrogen) atoms. The molecule has 0 aliphatic rings. The van der Waals surface area contributed by atoms with Gasteiger partial charge in [0.15, 0.2) is 0 Å². The van der Waals surface area contributed by atoms with Crippen molar-refractivity contribution in [3.05, 3.63) is 45.8 Å². The fourth-order valence-corrected chi connectivity index (χ4v) is 4.26. The summed E-state index contributed by atoms with van der Waals surface area (Å²) >= 11 is 2.83. The van der Waals surface area contributed by atoms with Gasteiger partial charge in [0.05, 0.1) is 13.7 Å². The van der Waals surface area contributed by atoms with Crippen molar-refractivity contribution in [3.8, 4) is 0 Å². The SMILES string of the molecule is CCOC(=O)c1c(N)sc(C(=O)NC)c1C[NH+](C)Cc1ccc(SC)cc1. The second-order valence-electron chi connectivity index (χ2n) is 6.11. The minimum Gasteiger partial charge on any atom is -0.462 e. The fourth-order valence-electron chi connectivity index (χ4n) is 2.83. The number of nitrogens with one attached hydrogen (secondary N) is 2. The normalized spacial score (nSPS) is 11.9. The number of quaternary nitrogens is 1. The maximum absolute atomic E-state index is 12.4. The number of carbonyl (C=O) groups excluding carboxylic acids is 2. The molecule has 6 nitrogen and oxygen atoms in total. The highest BCUT2D eigenvalue weighted by Gasteiger charge is 2.28. The lowest BCUT2D eigenvalue weighted by molar-refractivity contribution is -0.907. The first-order chi connectivity index (χ1) is 12.9. The van der Waals surface area contributed by atoms with E-state index in [2.05, 4.69) is 29.6 Å². The summed E-state index contributed by atoms with van der Waals surface area (Å²) in [5.41, 5.74) is 8.20. The first-order valence-electron chi connectivity index (χ1n) is 8.65. The summed E-state index contributed by atoms with van der Waals surface area (Å²) in [5.74, 6) is -0.720. The van der Waals surface area contributed by atoms with E-state index in [1.807, 2.05) is 13.3 Å². The first-order valence-corrected chi connectivity index (χ1v) is 10.7. The van der Waals surface area contributed by atoms with Gasteiger partial charge in [0.25, 0.3) is 5.91 Å². The number of anilines is 1. The standard InChI is InChI=1S/C19H25N3O3S2/c1-5-25-19(24)15-14(16(18(23)21-2)27-17(15)20)11-22(3)10-12-6-8-13(26-4)9-7-12/h6-9H,5,10-11,20H2,1-4H3,(H,21,23)/p+1. The molecule has 1 aromatic carbocycles. The summed E-state index contributed by atoms with van der Waals surface area (Å²) in [5, 5.41) is 2.94. The molecule has 8 heteroatoms. The van der Waals surface area contributed by atoms with Crippen LogP contribution >= 0.6 is 23.1 Å². The summed E-state index contributed by atoms with van der Waals surface area (Å²) in [6.07, 6.45) is 2.05. The number of nitrogens with two attached hydrogens (primary N) is 1. The Bertz CT molecular complexity index is 803. The fraction of sp³-hybridized carbons (Fsp3) is 0.368. The summed E-state index contributed by atoms with van der Waals surface area (Å²) in [6.45, 7) is 3.26. The number of ether oxygens (including phenoxy) is 1. The van der Waals surface area contributed by atoms with Gasteiger partial charge in [-0.25, -0.2) is 4.79 Å². The Kier molecular flexibility index (Phi) is 7.70. The average Bonchev–Trinajstić information content (AvgIpc) is 2.97. The Morgan fingerprint density at radius 3 is 2.48 bits per heavy atom. The molecule has 0 bridgehead atoms. The lowest BCUT2D eigenvalue weighted by atomic mass is 10.1. The third-order valence-corrected chi connectivity index (χ3v) is 5.89. The zero-order valence-corrected chi connectivity index (χ0v) is 17.7. The van der Waals surface area contributed by atoms with Crippen LogP contribution in [-0.4, -0.2) is 38.8 Å². The number of esters is 1. The molecule has 2 rings (SSSR count). The maximum atomic E-state index is 12.4. The molecule has 0 saturated heterocycles. The van der Waals surface area contributed by atoms with Gasteiger partial charge in [0.1, 0.15) is 28.5 Å². The Balaban J connectivity index is 2.28. The highest BCUT2D eigenvalue weighted by Crippen LogP contribution is 2.31. The molecular formula is C19H26N3O3S2+. The largest absolute Gasteiger partial charge is 0.462 e. The van der Waals surface area contributed by atoms with E-state index in [-0.39, 0.29) is 12.5 Å². The molecule has 0 spiro atoms. The quantitative estimate of drug-likeness (QED) is 0.458. The molecule has 1 atom stereocenters. The van der Waals surface area contributed by atoms with Gasteiger partial charge in [-0.15, -0.1) is 23.1 Å². The van der Waals surface area contributed by atoms with E-state index in [0.29, 0.717) is 27.5 Å². The molecule has 0 aliphatic carbocycles. The van der Waals surface area contributed by atoms with Crippen LogP contribution in [0, 0.1) is 0 Å². The van der Waals surface area contributed by atoms with Gasteiger partial charge >= 0.3 is 5.97 Å². The van der Waals surface area contributed by atoms with E-state index in [4.69, 9.17) is 10.5 Å². The molecular weight excluding hydrogens is 382 g/mol. The highest BCUT2D eigenvalue weighted by molar-refractivity contribution is 7.98. The third-order valence-electron chi connectivity index (χ3n) is 4.09. The molecule has 4 N–H and O–H groups in total. The lowest BCUT2D eigenvalue weighted by Gasteiger charge is -2.16. The number of nitrogen functional groups attached to an aromatic ring is 1. The number of hydrogen-bond acceptors (Lipinski definition) is 6. The van der Waals surface area contributed by atoms with E-state index in [1.54, 1.807) is 25.7 Å². The van der Waals surface area contributed by atoms with Gasteiger partial charge in [-0.3, -0.25) is 4.79 Å². The van der Waals surface area contributed by atoms with Crippen LogP contribution in [-0.2, 0) is 17.8 Å². The number of amides is 1. The van der Waals surface area contributed by atoms with Crippen LogP contribution in [0.1, 0.15) is 38.1 Å². The minimum atomic E-state index is -0.478. The average molecular weight is 409 g/mol. The Hall–Kier alpha value is -2.03. The van der Waals surface area contributed by atoms with Crippen LogP contribution < -0.4 is 16.0 Å². The number of thiophene rings is 1. The van der Waals surface area contributed by atoms with Gasteiger partial charge in [-0.2, -0.15) is 0 Å². The number of carbonyl (C=O) groups is 2. The van der Waals surface area contributed by atoms with Gasteiger partial charge in [-0.05, 0) is 25.3 Å². The van der Waals surface area contributed by atoms with Crippen molar-refractivity contribution in [1.29, 1.82) is 0 Å². The van der Waals surface area contributed by atoms with E-state index in [1.165, 1.54) is 10.5 Å². The van der Waals surface area contributed by atoms with Crippen molar-refractivity contribution < 1.29 is 19.2 Å². The van der Waals surface area contributed by atoms with Gasteiger partial charge < -0.3 is 20.7 Å². The Morgan fingerprint density at radius 1 is 1.26 bits per heavy atom. The second kappa shape index (κ2) is 9.77. The molecule has 1 amide bonds. The zero-order chi connectivity index (χ0) is 20.0. The van der Waals surface area contributed by atoms with Crippen LogP contribution in [0.25, 0.3) is 0 Å². The summed E-state index contributed by atoms with van der Waals surface area (Å²) < 4.78 is 5.15. The van der Waals surface area contributed by atoms with Crippen molar-refractivity contribution >= 4 is 40.0 Å². The maximum Gasteiger partial charge on any atom is 0.341 e. The van der Waals surface area contributed by atoms with Crippen molar-refractivity contribution in [2.24, 2.45) is 0 Å². The van der Waals surface area contributed by atoms with Crippen molar-refractivity contribution in [3.63, 3.8) is 0 Å². The topological polar surface area (TPSA) is 85.9 Å².